The minimum Gasteiger partial charge on any atom is -0.340 e. The summed E-state index contributed by atoms with van der Waals surface area (Å²) >= 11 is 0. The first kappa shape index (κ1) is 21.9. The molecule has 0 spiro atoms. The fourth-order valence-electron chi connectivity index (χ4n) is 4.54. The van der Waals surface area contributed by atoms with Crippen LogP contribution in [0.5, 0.6) is 0 Å². The van der Waals surface area contributed by atoms with Gasteiger partial charge in [0.1, 0.15) is 11.6 Å². The molecule has 0 aliphatic carbocycles. The normalized spacial score (nSPS) is 21.5. The predicted molar refractivity (Wildman–Crippen MR) is 114 cm³/mol. The zero-order chi connectivity index (χ0) is 22.0. The molecule has 8 heteroatoms. The van der Waals surface area contributed by atoms with Crippen molar-refractivity contribution in [1.82, 2.24) is 9.80 Å². The highest BCUT2D eigenvalue weighted by atomic mass is 32.2. The van der Waals surface area contributed by atoms with E-state index in [2.05, 4.69) is 4.90 Å². The number of carbonyl (C=O) groups is 1. The van der Waals surface area contributed by atoms with Crippen LogP contribution in [0.1, 0.15) is 30.0 Å². The molecule has 2 fully saturated rings. The van der Waals surface area contributed by atoms with Crippen molar-refractivity contribution in [3.8, 4) is 0 Å². The van der Waals surface area contributed by atoms with Crippen molar-refractivity contribution < 1.29 is 22.0 Å². The summed E-state index contributed by atoms with van der Waals surface area (Å²) in [5.41, 5.74) is 1.81. The molecule has 2 aliphatic heterocycles. The van der Waals surface area contributed by atoms with Crippen LogP contribution in [0, 0.1) is 17.6 Å². The van der Waals surface area contributed by atoms with Gasteiger partial charge in [-0.3, -0.25) is 9.69 Å². The van der Waals surface area contributed by atoms with Crippen LogP contribution >= 0.6 is 0 Å². The topological polar surface area (TPSA) is 57.7 Å². The zero-order valence-electron chi connectivity index (χ0n) is 17.2. The molecule has 0 radical (unpaired) electrons. The highest BCUT2D eigenvalue weighted by Gasteiger charge is 2.33. The van der Waals surface area contributed by atoms with Crippen molar-refractivity contribution in [3.05, 3.63) is 71.3 Å². The van der Waals surface area contributed by atoms with Crippen LogP contribution in [0.15, 0.2) is 48.5 Å². The summed E-state index contributed by atoms with van der Waals surface area (Å²) < 4.78 is 50.2. The Labute approximate surface area is 181 Å². The van der Waals surface area contributed by atoms with Crippen molar-refractivity contribution in [2.45, 2.75) is 18.9 Å². The molecule has 0 bridgehead atoms. The predicted octanol–water partition coefficient (Wildman–Crippen LogP) is 3.02. The van der Waals surface area contributed by atoms with E-state index in [9.17, 15) is 22.0 Å². The number of rotatable bonds is 5. The smallest absolute Gasteiger partial charge is 0.222 e. The van der Waals surface area contributed by atoms with Gasteiger partial charge in [0.25, 0.3) is 0 Å². The van der Waals surface area contributed by atoms with Crippen LogP contribution in [0.4, 0.5) is 8.78 Å². The highest BCUT2D eigenvalue weighted by Crippen LogP contribution is 2.30. The molecule has 0 N–H and O–H groups in total. The monoisotopic (exact) mass is 448 g/mol. The molecule has 1 atom stereocenters. The van der Waals surface area contributed by atoms with E-state index in [0.29, 0.717) is 32.6 Å². The number of halogens is 2. The second-order valence-electron chi connectivity index (χ2n) is 8.40. The number of hydrogen-bond donors (Lipinski definition) is 0. The van der Waals surface area contributed by atoms with Crippen LogP contribution in [0.25, 0.3) is 0 Å². The average molecular weight is 449 g/mol. The second-order valence-corrected chi connectivity index (χ2v) is 10.6. The Morgan fingerprint density at radius 2 is 1.42 bits per heavy atom. The second kappa shape index (κ2) is 9.04. The quantitative estimate of drug-likeness (QED) is 0.706. The van der Waals surface area contributed by atoms with Gasteiger partial charge in [0.15, 0.2) is 9.84 Å². The first-order valence-corrected chi connectivity index (χ1v) is 12.4. The number of sulfone groups is 1. The van der Waals surface area contributed by atoms with Gasteiger partial charge in [-0.2, -0.15) is 0 Å². The fraction of sp³-hybridized carbons (Fsp3) is 0.435. The Hall–Kier alpha value is -2.32. The van der Waals surface area contributed by atoms with E-state index in [-0.39, 0.29) is 47.4 Å². The largest absolute Gasteiger partial charge is 0.340 e. The molecule has 166 valence electrons. The molecular weight excluding hydrogens is 422 g/mol. The van der Waals surface area contributed by atoms with Crippen LogP contribution in [0.2, 0.25) is 0 Å². The lowest BCUT2D eigenvalue weighted by Gasteiger charge is -2.40. The summed E-state index contributed by atoms with van der Waals surface area (Å²) in [7, 11) is -2.99. The van der Waals surface area contributed by atoms with E-state index in [4.69, 9.17) is 0 Å². The summed E-state index contributed by atoms with van der Waals surface area (Å²) in [6.07, 6.45) is 0.837. The summed E-state index contributed by atoms with van der Waals surface area (Å²) in [5, 5.41) is 0. The number of amides is 1. The molecule has 0 aromatic heterocycles. The third-order valence-electron chi connectivity index (χ3n) is 6.19. The average Bonchev–Trinajstić information content (AvgIpc) is 3.09. The molecule has 2 aromatic carbocycles. The van der Waals surface area contributed by atoms with E-state index in [1.165, 1.54) is 24.3 Å². The third-order valence-corrected chi connectivity index (χ3v) is 8.03. The molecule has 2 aromatic rings. The lowest BCUT2D eigenvalue weighted by molar-refractivity contribution is -0.134. The Bertz CT molecular complexity index is 972. The summed E-state index contributed by atoms with van der Waals surface area (Å²) in [6, 6.07) is 12.5. The van der Waals surface area contributed by atoms with Crippen molar-refractivity contribution in [3.63, 3.8) is 0 Å². The van der Waals surface area contributed by atoms with Gasteiger partial charge in [-0.25, -0.2) is 17.2 Å². The van der Waals surface area contributed by atoms with E-state index < -0.39 is 9.84 Å². The van der Waals surface area contributed by atoms with Gasteiger partial charge in [0.2, 0.25) is 5.91 Å². The van der Waals surface area contributed by atoms with E-state index in [1.807, 2.05) is 0 Å². The SMILES string of the molecule is O=C(C[C@@H]1CCS(=O)(=O)C1)N1CCN(C(c2ccc(F)cc2)c2ccc(F)cc2)CC1. The van der Waals surface area contributed by atoms with Crippen molar-refractivity contribution >= 4 is 15.7 Å². The lowest BCUT2D eigenvalue weighted by atomic mass is 9.96. The van der Waals surface area contributed by atoms with E-state index >= 15 is 0 Å². The molecule has 0 saturated carbocycles. The van der Waals surface area contributed by atoms with Gasteiger partial charge in [-0.15, -0.1) is 0 Å². The molecular formula is C23H26F2N2O3S. The summed E-state index contributed by atoms with van der Waals surface area (Å²) in [4.78, 5) is 16.7. The third kappa shape index (κ3) is 5.30. The number of piperazine rings is 1. The molecule has 5 nitrogen and oxygen atoms in total. The highest BCUT2D eigenvalue weighted by molar-refractivity contribution is 7.91. The number of carbonyl (C=O) groups excluding carboxylic acids is 1. The standard InChI is InChI=1S/C23H26F2N2O3S/c24-20-5-1-18(2-6-20)23(19-3-7-21(25)8-4-19)27-12-10-26(11-13-27)22(28)15-17-9-14-31(29,30)16-17/h1-8,17,23H,9-16H2/t17-/m0/s1. The Morgan fingerprint density at radius 3 is 1.87 bits per heavy atom. The fourth-order valence-corrected chi connectivity index (χ4v) is 6.40. The van der Waals surface area contributed by atoms with Gasteiger partial charge in [-0.05, 0) is 47.7 Å². The Kier molecular flexibility index (Phi) is 6.39. The summed E-state index contributed by atoms with van der Waals surface area (Å²) in [6.45, 7) is 2.32. The number of hydrogen-bond acceptors (Lipinski definition) is 4. The number of benzene rings is 2. The maximum absolute atomic E-state index is 13.5. The van der Waals surface area contributed by atoms with Gasteiger partial charge in [0.05, 0.1) is 17.5 Å². The lowest BCUT2D eigenvalue weighted by Crippen LogP contribution is -2.50. The minimum atomic E-state index is -2.99. The molecule has 2 saturated heterocycles. The van der Waals surface area contributed by atoms with Crippen LogP contribution in [-0.2, 0) is 14.6 Å². The van der Waals surface area contributed by atoms with Crippen molar-refractivity contribution in [1.29, 1.82) is 0 Å². The maximum atomic E-state index is 13.5. The van der Waals surface area contributed by atoms with Crippen molar-refractivity contribution in [2.75, 3.05) is 37.7 Å². The zero-order valence-corrected chi connectivity index (χ0v) is 18.0. The minimum absolute atomic E-state index is 0.00173. The maximum Gasteiger partial charge on any atom is 0.222 e. The first-order valence-electron chi connectivity index (χ1n) is 10.5. The number of nitrogens with zero attached hydrogens (tertiary/aromatic N) is 2. The molecule has 4 rings (SSSR count). The molecule has 0 unspecified atom stereocenters. The molecule has 2 aliphatic rings. The van der Waals surface area contributed by atoms with Crippen LogP contribution in [-0.4, -0.2) is 61.8 Å². The molecule has 1 amide bonds. The first-order chi connectivity index (χ1) is 14.8. The molecule has 2 heterocycles. The van der Waals surface area contributed by atoms with Gasteiger partial charge in [-0.1, -0.05) is 24.3 Å². The van der Waals surface area contributed by atoms with Crippen molar-refractivity contribution in [2.24, 2.45) is 5.92 Å². The van der Waals surface area contributed by atoms with Crippen LogP contribution < -0.4 is 0 Å². The van der Waals surface area contributed by atoms with Gasteiger partial charge in [0, 0.05) is 32.6 Å². The van der Waals surface area contributed by atoms with E-state index in [0.717, 1.165) is 11.1 Å². The Balaban J connectivity index is 1.44. The van der Waals surface area contributed by atoms with Gasteiger partial charge >= 0.3 is 0 Å². The van der Waals surface area contributed by atoms with Gasteiger partial charge < -0.3 is 4.90 Å². The van der Waals surface area contributed by atoms with E-state index in [1.54, 1.807) is 29.2 Å². The molecule has 31 heavy (non-hydrogen) atoms. The Morgan fingerprint density at radius 1 is 0.903 bits per heavy atom. The van der Waals surface area contributed by atoms with Crippen LogP contribution in [0.3, 0.4) is 0 Å². The summed E-state index contributed by atoms with van der Waals surface area (Å²) in [5.74, 6) is -0.425.